The Morgan fingerprint density at radius 1 is 1.29 bits per heavy atom. The molecule has 2 rings (SSSR count). The minimum absolute atomic E-state index is 0.0405. The Bertz CT molecular complexity index is 626. The molecular formula is C15H22N2O3S. The molecule has 0 atom stereocenters. The zero-order chi connectivity index (χ0) is 15.5. The van der Waals surface area contributed by atoms with Gasteiger partial charge in [-0.3, -0.25) is 4.79 Å². The van der Waals surface area contributed by atoms with Crippen LogP contribution in [0, 0.1) is 0 Å². The van der Waals surface area contributed by atoms with Crippen molar-refractivity contribution in [1.29, 1.82) is 0 Å². The summed E-state index contributed by atoms with van der Waals surface area (Å²) in [4.78, 5) is 11.4. The first-order chi connectivity index (χ1) is 9.96. The van der Waals surface area contributed by atoms with Gasteiger partial charge in [0.25, 0.3) is 0 Å². The van der Waals surface area contributed by atoms with Gasteiger partial charge in [0.15, 0.2) is 0 Å². The van der Waals surface area contributed by atoms with Gasteiger partial charge < -0.3 is 5.32 Å². The predicted molar refractivity (Wildman–Crippen MR) is 83.6 cm³/mol. The number of sulfonamides is 1. The molecule has 116 valence electrons. The Hall–Kier alpha value is -1.40. The molecule has 6 heteroatoms. The summed E-state index contributed by atoms with van der Waals surface area (Å²) in [7, 11) is -3.17. The van der Waals surface area contributed by atoms with Crippen LogP contribution in [0.5, 0.6) is 0 Å². The van der Waals surface area contributed by atoms with Gasteiger partial charge in [-0.25, -0.2) is 8.42 Å². The molecule has 0 unspecified atom stereocenters. The van der Waals surface area contributed by atoms with Crippen LogP contribution in [0.1, 0.15) is 37.8 Å². The lowest BCUT2D eigenvalue weighted by Gasteiger charge is -2.28. The molecule has 0 aliphatic carbocycles. The second-order valence-electron chi connectivity index (χ2n) is 5.28. The molecule has 0 spiro atoms. The zero-order valence-corrected chi connectivity index (χ0v) is 13.4. The number of nitrogens with one attached hydrogen (secondary N) is 1. The molecule has 0 aromatic heterocycles. The fourth-order valence-corrected chi connectivity index (χ4v) is 3.96. The Morgan fingerprint density at radius 3 is 2.71 bits per heavy atom. The smallest absolute Gasteiger partial charge is 0.224 e. The van der Waals surface area contributed by atoms with Crippen molar-refractivity contribution in [3.8, 4) is 0 Å². The molecule has 1 heterocycles. The quantitative estimate of drug-likeness (QED) is 0.906. The molecule has 1 aromatic carbocycles. The number of rotatable bonds is 5. The number of anilines is 1. The summed E-state index contributed by atoms with van der Waals surface area (Å²) in [5.41, 5.74) is 2.87. The highest BCUT2D eigenvalue weighted by molar-refractivity contribution is 7.89. The minimum Gasteiger partial charge on any atom is -0.326 e. The van der Waals surface area contributed by atoms with Crippen molar-refractivity contribution in [3.05, 3.63) is 29.3 Å². The van der Waals surface area contributed by atoms with Crippen molar-refractivity contribution >= 4 is 21.6 Å². The number of carbonyl (C=O) groups is 1. The first-order valence-corrected chi connectivity index (χ1v) is 8.96. The number of nitrogens with zero attached hydrogens (tertiary/aromatic N) is 1. The highest BCUT2D eigenvalue weighted by Crippen LogP contribution is 2.24. The fourth-order valence-electron chi connectivity index (χ4n) is 2.48. The van der Waals surface area contributed by atoms with Crippen LogP contribution in [0.25, 0.3) is 0 Å². The van der Waals surface area contributed by atoms with Gasteiger partial charge in [-0.05, 0) is 36.1 Å². The Morgan fingerprint density at radius 2 is 2.05 bits per heavy atom. The average molecular weight is 310 g/mol. The van der Waals surface area contributed by atoms with Gasteiger partial charge in [0.2, 0.25) is 15.9 Å². The highest BCUT2D eigenvalue weighted by Gasteiger charge is 2.26. The van der Waals surface area contributed by atoms with Crippen LogP contribution in [0.4, 0.5) is 5.69 Å². The second-order valence-corrected chi connectivity index (χ2v) is 7.37. The van der Waals surface area contributed by atoms with E-state index in [1.165, 1.54) is 0 Å². The zero-order valence-electron chi connectivity index (χ0n) is 12.6. The van der Waals surface area contributed by atoms with Crippen LogP contribution in [0.3, 0.4) is 0 Å². The Balaban J connectivity index is 2.19. The fraction of sp³-hybridized carbons (Fsp3) is 0.533. The topological polar surface area (TPSA) is 66.5 Å². The first-order valence-electron chi connectivity index (χ1n) is 7.35. The van der Waals surface area contributed by atoms with E-state index in [0.717, 1.165) is 23.2 Å². The van der Waals surface area contributed by atoms with E-state index < -0.39 is 10.0 Å². The minimum atomic E-state index is -3.17. The highest BCUT2D eigenvalue weighted by atomic mass is 32.2. The molecule has 0 radical (unpaired) electrons. The van der Waals surface area contributed by atoms with Crippen LogP contribution in [0.2, 0.25) is 0 Å². The third-order valence-corrected chi connectivity index (χ3v) is 5.67. The van der Waals surface area contributed by atoms with Crippen LogP contribution >= 0.6 is 0 Å². The lowest BCUT2D eigenvalue weighted by atomic mass is 10.0. The molecule has 0 saturated heterocycles. The molecule has 1 amide bonds. The maximum absolute atomic E-state index is 12.2. The Labute approximate surface area is 126 Å². The van der Waals surface area contributed by atoms with Crippen LogP contribution < -0.4 is 5.32 Å². The van der Waals surface area contributed by atoms with E-state index in [2.05, 4.69) is 5.32 Å². The van der Waals surface area contributed by atoms with Crippen molar-refractivity contribution in [2.75, 3.05) is 17.6 Å². The molecule has 5 nitrogen and oxygen atoms in total. The summed E-state index contributed by atoms with van der Waals surface area (Å²) in [5.74, 6) is 0.149. The van der Waals surface area contributed by atoms with E-state index in [4.69, 9.17) is 0 Å². The van der Waals surface area contributed by atoms with E-state index >= 15 is 0 Å². The SMILES string of the molecule is CCCS(=O)(=O)N1CCc2ccc(NC(=O)CC)cc2C1. The number of fused-ring (bicyclic) bond motifs is 1. The molecule has 0 bridgehead atoms. The van der Waals surface area contributed by atoms with Crippen molar-refractivity contribution in [2.45, 2.75) is 39.7 Å². The van der Waals surface area contributed by atoms with Crippen LogP contribution in [-0.4, -0.2) is 30.9 Å². The van der Waals surface area contributed by atoms with Gasteiger partial charge in [0.05, 0.1) is 5.75 Å². The predicted octanol–water partition coefficient (Wildman–Crippen LogP) is 2.13. The summed E-state index contributed by atoms with van der Waals surface area (Å²) >= 11 is 0. The summed E-state index contributed by atoms with van der Waals surface area (Å²) in [6, 6.07) is 5.74. The van der Waals surface area contributed by atoms with Crippen molar-refractivity contribution in [2.24, 2.45) is 0 Å². The van der Waals surface area contributed by atoms with Crippen molar-refractivity contribution < 1.29 is 13.2 Å². The van der Waals surface area contributed by atoms with Crippen molar-refractivity contribution in [3.63, 3.8) is 0 Å². The molecule has 21 heavy (non-hydrogen) atoms. The van der Waals surface area contributed by atoms with E-state index in [-0.39, 0.29) is 11.7 Å². The third-order valence-electron chi connectivity index (χ3n) is 3.64. The molecule has 1 aliphatic rings. The lowest BCUT2D eigenvalue weighted by molar-refractivity contribution is -0.115. The monoisotopic (exact) mass is 310 g/mol. The van der Waals surface area contributed by atoms with Gasteiger partial charge >= 0.3 is 0 Å². The number of hydrogen-bond acceptors (Lipinski definition) is 3. The Kier molecular flexibility index (Phi) is 5.00. The van der Waals surface area contributed by atoms with Gasteiger partial charge in [0, 0.05) is 25.2 Å². The van der Waals surface area contributed by atoms with Crippen LogP contribution in [0.15, 0.2) is 18.2 Å². The maximum atomic E-state index is 12.2. The number of benzene rings is 1. The van der Waals surface area contributed by atoms with Gasteiger partial charge in [-0.2, -0.15) is 4.31 Å². The summed E-state index contributed by atoms with van der Waals surface area (Å²) in [6.45, 7) is 4.60. The molecule has 0 fully saturated rings. The standard InChI is InChI=1S/C15H22N2O3S/c1-3-9-21(19,20)17-8-7-12-5-6-14(10-13(12)11-17)16-15(18)4-2/h5-6,10H,3-4,7-9,11H2,1-2H3,(H,16,18). The summed E-state index contributed by atoms with van der Waals surface area (Å²) < 4.78 is 25.9. The number of amides is 1. The molecule has 1 aromatic rings. The van der Waals surface area contributed by atoms with E-state index in [1.54, 1.807) is 11.2 Å². The largest absolute Gasteiger partial charge is 0.326 e. The third kappa shape index (κ3) is 3.83. The number of hydrogen-bond donors (Lipinski definition) is 1. The first kappa shape index (κ1) is 16.0. The molecule has 1 aliphatic heterocycles. The molecule has 1 N–H and O–H groups in total. The molecule has 0 saturated carbocycles. The maximum Gasteiger partial charge on any atom is 0.224 e. The second kappa shape index (κ2) is 6.58. The van der Waals surface area contributed by atoms with Gasteiger partial charge in [-0.15, -0.1) is 0 Å². The lowest BCUT2D eigenvalue weighted by Crippen LogP contribution is -2.37. The van der Waals surface area contributed by atoms with Crippen molar-refractivity contribution in [1.82, 2.24) is 4.31 Å². The van der Waals surface area contributed by atoms with Gasteiger partial charge in [-0.1, -0.05) is 19.9 Å². The summed E-state index contributed by atoms with van der Waals surface area (Å²) in [5, 5.41) is 2.81. The normalized spacial score (nSPS) is 15.5. The van der Waals surface area contributed by atoms with E-state index in [1.807, 2.05) is 25.1 Å². The van der Waals surface area contributed by atoms with Gasteiger partial charge in [0.1, 0.15) is 0 Å². The van der Waals surface area contributed by atoms with E-state index in [0.29, 0.717) is 25.9 Å². The van der Waals surface area contributed by atoms with Crippen LogP contribution in [-0.2, 0) is 27.8 Å². The molecular weight excluding hydrogens is 288 g/mol. The average Bonchev–Trinajstić information content (AvgIpc) is 2.46. The number of carbonyl (C=O) groups excluding carboxylic acids is 1. The summed E-state index contributed by atoms with van der Waals surface area (Å²) in [6.07, 6.45) is 1.77. The van der Waals surface area contributed by atoms with E-state index in [9.17, 15) is 13.2 Å².